The van der Waals surface area contributed by atoms with Crippen molar-refractivity contribution < 1.29 is 9.59 Å². The summed E-state index contributed by atoms with van der Waals surface area (Å²) in [6.07, 6.45) is 1.81. The molecule has 0 saturated carbocycles. The first kappa shape index (κ1) is 18.7. The highest BCUT2D eigenvalue weighted by Crippen LogP contribution is 2.29. The number of nitrogens with one attached hydrogen (secondary N) is 1. The minimum atomic E-state index is -0.644. The molecule has 2 aromatic heterocycles. The molecule has 4 heteroatoms. The van der Waals surface area contributed by atoms with E-state index >= 15 is 0 Å². The molecule has 0 saturated heterocycles. The average molecular weight is 382 g/mol. The van der Waals surface area contributed by atoms with Gasteiger partial charge in [-0.1, -0.05) is 53.6 Å². The van der Waals surface area contributed by atoms with Crippen LogP contribution in [0.2, 0.25) is 0 Å². The van der Waals surface area contributed by atoms with Crippen molar-refractivity contribution in [3.63, 3.8) is 0 Å². The van der Waals surface area contributed by atoms with Gasteiger partial charge in [0.05, 0.1) is 0 Å². The summed E-state index contributed by atoms with van der Waals surface area (Å²) in [5.74, 6) is -1.21. The largest absolute Gasteiger partial charge is 0.319 e. The molecule has 0 unspecified atom stereocenters. The first-order valence-corrected chi connectivity index (χ1v) is 9.54. The summed E-state index contributed by atoms with van der Waals surface area (Å²) in [5.41, 5.74) is 6.69. The van der Waals surface area contributed by atoms with Crippen molar-refractivity contribution in [1.82, 2.24) is 4.40 Å². The molecular formula is C25H22N2O2. The zero-order valence-electron chi connectivity index (χ0n) is 16.7. The normalized spacial score (nSPS) is 10.9. The molecule has 1 amide bonds. The Morgan fingerprint density at radius 1 is 0.828 bits per heavy atom. The van der Waals surface area contributed by atoms with E-state index in [2.05, 4.69) is 5.32 Å². The number of pyridine rings is 1. The molecule has 4 rings (SSSR count). The smallest absolute Gasteiger partial charge is 0.298 e. The Kier molecular flexibility index (Phi) is 4.77. The zero-order valence-corrected chi connectivity index (χ0v) is 16.7. The lowest BCUT2D eigenvalue weighted by molar-refractivity contribution is -0.112. The number of carbonyl (C=O) groups excluding carboxylic acids is 2. The van der Waals surface area contributed by atoms with Gasteiger partial charge >= 0.3 is 0 Å². The summed E-state index contributed by atoms with van der Waals surface area (Å²) in [6.45, 7) is 5.92. The third-order valence-corrected chi connectivity index (χ3v) is 5.09. The first-order valence-electron chi connectivity index (χ1n) is 9.54. The van der Waals surface area contributed by atoms with Crippen molar-refractivity contribution in [1.29, 1.82) is 0 Å². The van der Waals surface area contributed by atoms with Crippen LogP contribution in [-0.2, 0) is 4.79 Å². The van der Waals surface area contributed by atoms with E-state index in [0.717, 1.165) is 33.3 Å². The summed E-state index contributed by atoms with van der Waals surface area (Å²) in [6, 6.07) is 21.3. The van der Waals surface area contributed by atoms with E-state index in [-0.39, 0.29) is 0 Å². The van der Waals surface area contributed by atoms with Gasteiger partial charge in [-0.05, 0) is 56.2 Å². The van der Waals surface area contributed by atoms with Gasteiger partial charge in [0.1, 0.15) is 5.69 Å². The molecule has 0 aliphatic heterocycles. The molecule has 2 heterocycles. The highest BCUT2D eigenvalue weighted by atomic mass is 16.2. The van der Waals surface area contributed by atoms with E-state index in [0.29, 0.717) is 11.4 Å². The number of fused-ring (bicyclic) bond motifs is 1. The summed E-state index contributed by atoms with van der Waals surface area (Å²) >= 11 is 0. The lowest BCUT2D eigenvalue weighted by atomic mass is 10.0. The van der Waals surface area contributed by atoms with Crippen LogP contribution in [0, 0.1) is 20.8 Å². The van der Waals surface area contributed by atoms with Crippen LogP contribution in [0.5, 0.6) is 0 Å². The summed E-state index contributed by atoms with van der Waals surface area (Å²) < 4.78 is 1.78. The molecule has 0 spiro atoms. The molecule has 1 N–H and O–H groups in total. The molecule has 4 nitrogen and oxygen atoms in total. The monoisotopic (exact) mass is 382 g/mol. The molecule has 0 aliphatic carbocycles. The van der Waals surface area contributed by atoms with Gasteiger partial charge in [-0.25, -0.2) is 0 Å². The van der Waals surface area contributed by atoms with Crippen LogP contribution in [0.15, 0.2) is 72.9 Å². The Morgan fingerprint density at radius 3 is 2.28 bits per heavy atom. The Hall–Kier alpha value is -3.66. The van der Waals surface area contributed by atoms with Crippen molar-refractivity contribution in [3.8, 4) is 11.1 Å². The van der Waals surface area contributed by atoms with Crippen molar-refractivity contribution in [2.24, 2.45) is 0 Å². The van der Waals surface area contributed by atoms with Crippen LogP contribution in [-0.4, -0.2) is 16.1 Å². The van der Waals surface area contributed by atoms with Gasteiger partial charge in [0, 0.05) is 23.0 Å². The molecule has 144 valence electrons. The second-order valence-electron chi connectivity index (χ2n) is 7.37. The van der Waals surface area contributed by atoms with Gasteiger partial charge in [0.2, 0.25) is 0 Å². The van der Waals surface area contributed by atoms with Gasteiger partial charge in [-0.15, -0.1) is 0 Å². The Balaban J connectivity index is 1.77. The number of nitrogens with zero attached hydrogens (tertiary/aromatic N) is 1. The van der Waals surface area contributed by atoms with Crippen LogP contribution >= 0.6 is 0 Å². The maximum atomic E-state index is 13.2. The molecule has 2 aromatic carbocycles. The van der Waals surface area contributed by atoms with Crippen molar-refractivity contribution in [2.75, 3.05) is 5.32 Å². The van der Waals surface area contributed by atoms with Crippen molar-refractivity contribution in [2.45, 2.75) is 20.8 Å². The van der Waals surface area contributed by atoms with Gasteiger partial charge in [0.15, 0.2) is 0 Å². The van der Waals surface area contributed by atoms with Gasteiger partial charge in [0.25, 0.3) is 11.7 Å². The summed E-state index contributed by atoms with van der Waals surface area (Å²) in [4.78, 5) is 26.1. The predicted octanol–water partition coefficient (Wildman–Crippen LogP) is 5.35. The third kappa shape index (κ3) is 3.57. The fourth-order valence-electron chi connectivity index (χ4n) is 3.55. The number of aromatic nitrogens is 1. The van der Waals surface area contributed by atoms with E-state index < -0.39 is 11.7 Å². The van der Waals surface area contributed by atoms with Gasteiger partial charge < -0.3 is 9.72 Å². The highest BCUT2D eigenvalue weighted by molar-refractivity contribution is 6.47. The van der Waals surface area contributed by atoms with E-state index in [1.54, 1.807) is 4.40 Å². The number of hydrogen-bond acceptors (Lipinski definition) is 2. The van der Waals surface area contributed by atoms with Crippen LogP contribution in [0.25, 0.3) is 16.6 Å². The average Bonchev–Trinajstić information content (AvgIpc) is 3.09. The van der Waals surface area contributed by atoms with Gasteiger partial charge in [-0.3, -0.25) is 9.59 Å². The van der Waals surface area contributed by atoms with E-state index in [1.807, 2.05) is 93.7 Å². The Bertz CT molecular complexity index is 1230. The molecule has 0 fully saturated rings. The molecule has 0 atom stereocenters. The summed E-state index contributed by atoms with van der Waals surface area (Å²) in [7, 11) is 0. The molecule has 4 aromatic rings. The number of Topliss-reactive ketones (excluding diaryl/α,β-unsaturated/α-hetero) is 1. The summed E-state index contributed by atoms with van der Waals surface area (Å²) in [5, 5.41) is 2.78. The maximum Gasteiger partial charge on any atom is 0.298 e. The fraction of sp³-hybridized carbons (Fsp3) is 0.120. The predicted molar refractivity (Wildman–Crippen MR) is 116 cm³/mol. The molecular weight excluding hydrogens is 360 g/mol. The van der Waals surface area contributed by atoms with E-state index in [1.165, 1.54) is 0 Å². The molecule has 0 radical (unpaired) electrons. The van der Waals surface area contributed by atoms with Crippen LogP contribution < -0.4 is 5.32 Å². The number of aryl methyl sites for hydroxylation is 3. The fourth-order valence-corrected chi connectivity index (χ4v) is 3.55. The number of rotatable bonds is 4. The number of benzene rings is 2. The first-order chi connectivity index (χ1) is 13.9. The maximum absolute atomic E-state index is 13.2. The minimum absolute atomic E-state index is 0.367. The van der Waals surface area contributed by atoms with Crippen molar-refractivity contribution >= 4 is 22.9 Å². The second kappa shape index (κ2) is 7.40. The topological polar surface area (TPSA) is 50.6 Å². The highest BCUT2D eigenvalue weighted by Gasteiger charge is 2.25. The minimum Gasteiger partial charge on any atom is -0.319 e. The van der Waals surface area contributed by atoms with Crippen LogP contribution in [0.4, 0.5) is 5.69 Å². The van der Waals surface area contributed by atoms with E-state index in [9.17, 15) is 9.59 Å². The van der Waals surface area contributed by atoms with E-state index in [4.69, 9.17) is 0 Å². The number of anilines is 1. The third-order valence-electron chi connectivity index (χ3n) is 5.09. The molecule has 0 bridgehead atoms. The molecule has 0 aliphatic rings. The quantitative estimate of drug-likeness (QED) is 0.382. The lowest BCUT2D eigenvalue weighted by Gasteiger charge is -2.10. The standard InChI is InChI=1S/C25H22N2O2/c1-16-7-10-19(11-8-16)21-15-20-6-4-5-13-27(20)23(21)24(28)25(29)26-22-12-9-17(2)14-18(22)3/h4-15H,1-3H3,(H,26,29). The Labute approximate surface area is 169 Å². The SMILES string of the molecule is Cc1ccc(-c2cc3ccccn3c2C(=O)C(=O)Nc2ccc(C)cc2C)cc1. The van der Waals surface area contributed by atoms with Crippen LogP contribution in [0.3, 0.4) is 0 Å². The second-order valence-corrected chi connectivity index (χ2v) is 7.37. The lowest BCUT2D eigenvalue weighted by Crippen LogP contribution is -2.25. The number of hydrogen-bond donors (Lipinski definition) is 1. The molecule has 29 heavy (non-hydrogen) atoms. The van der Waals surface area contributed by atoms with Gasteiger partial charge in [-0.2, -0.15) is 0 Å². The Morgan fingerprint density at radius 2 is 1.55 bits per heavy atom. The van der Waals surface area contributed by atoms with Crippen molar-refractivity contribution in [3.05, 3.63) is 95.3 Å². The number of ketones is 1. The van der Waals surface area contributed by atoms with Crippen LogP contribution in [0.1, 0.15) is 27.2 Å². The number of carbonyl (C=O) groups is 2. The zero-order chi connectivity index (χ0) is 20.5. The number of amides is 1.